The molecule has 0 radical (unpaired) electrons. The summed E-state index contributed by atoms with van der Waals surface area (Å²) in [6.07, 6.45) is 0. The first-order chi connectivity index (χ1) is 6.56. The van der Waals surface area contributed by atoms with Crippen LogP contribution in [0.3, 0.4) is 0 Å². The molecule has 0 aliphatic heterocycles. The van der Waals surface area contributed by atoms with Crippen molar-refractivity contribution in [3.05, 3.63) is 0 Å². The predicted molar refractivity (Wildman–Crippen MR) is 55.4 cm³/mol. The maximum absolute atomic E-state index is 10.4. The Balaban J connectivity index is 3.47. The number of aliphatic carboxylic acids is 1. The van der Waals surface area contributed by atoms with Gasteiger partial charge in [0.05, 0.1) is 13.2 Å². The van der Waals surface area contributed by atoms with Crippen LogP contribution in [0.25, 0.3) is 0 Å². The highest BCUT2D eigenvalue weighted by Gasteiger charge is 2.06. The van der Waals surface area contributed by atoms with Crippen molar-refractivity contribution < 1.29 is 14.6 Å². The van der Waals surface area contributed by atoms with Crippen LogP contribution >= 0.6 is 0 Å². The first-order valence-corrected chi connectivity index (χ1v) is 5.08. The van der Waals surface area contributed by atoms with E-state index in [1.165, 1.54) is 0 Å². The molecule has 0 fully saturated rings. The van der Waals surface area contributed by atoms with E-state index in [2.05, 4.69) is 13.8 Å². The predicted octanol–water partition coefficient (Wildman–Crippen LogP) is 1.07. The second kappa shape index (κ2) is 7.76. The number of ether oxygens (including phenoxy) is 1. The van der Waals surface area contributed by atoms with Crippen molar-refractivity contribution in [2.24, 2.45) is 5.92 Å². The molecule has 4 nitrogen and oxygen atoms in total. The molecule has 1 N–H and O–H groups in total. The van der Waals surface area contributed by atoms with Crippen LogP contribution in [0.5, 0.6) is 0 Å². The van der Waals surface area contributed by atoms with Crippen molar-refractivity contribution in [3.8, 4) is 0 Å². The van der Waals surface area contributed by atoms with Gasteiger partial charge >= 0.3 is 5.97 Å². The van der Waals surface area contributed by atoms with E-state index >= 15 is 0 Å². The van der Waals surface area contributed by atoms with E-state index in [4.69, 9.17) is 9.84 Å². The molecule has 0 aromatic carbocycles. The van der Waals surface area contributed by atoms with Crippen LogP contribution in [0, 0.1) is 5.92 Å². The topological polar surface area (TPSA) is 49.8 Å². The van der Waals surface area contributed by atoms with E-state index in [1.807, 2.05) is 11.8 Å². The van der Waals surface area contributed by atoms with Gasteiger partial charge in [-0.05, 0) is 12.5 Å². The number of rotatable bonds is 8. The van der Waals surface area contributed by atoms with E-state index in [0.717, 1.165) is 13.2 Å². The van der Waals surface area contributed by atoms with Crippen LogP contribution in [-0.2, 0) is 9.53 Å². The van der Waals surface area contributed by atoms with Crippen LogP contribution in [0.1, 0.15) is 20.8 Å². The summed E-state index contributed by atoms with van der Waals surface area (Å²) in [5, 5.41) is 8.58. The monoisotopic (exact) mass is 203 g/mol. The number of likely N-dealkylation sites (N-methyl/N-ethyl adjacent to an activating group) is 1. The summed E-state index contributed by atoms with van der Waals surface area (Å²) < 4.78 is 5.37. The first-order valence-electron chi connectivity index (χ1n) is 5.08. The van der Waals surface area contributed by atoms with E-state index < -0.39 is 5.97 Å². The third-order valence-corrected chi connectivity index (χ3v) is 1.81. The Morgan fingerprint density at radius 2 is 2.14 bits per heavy atom. The molecule has 0 bridgehead atoms. The minimum atomic E-state index is -0.782. The fourth-order valence-corrected chi connectivity index (χ4v) is 1.05. The highest BCUT2D eigenvalue weighted by Crippen LogP contribution is 1.93. The Kier molecular flexibility index (Phi) is 7.42. The van der Waals surface area contributed by atoms with Gasteiger partial charge in [0.2, 0.25) is 0 Å². The first kappa shape index (κ1) is 13.4. The number of nitrogens with zero attached hydrogens (tertiary/aromatic N) is 1. The molecule has 0 atom stereocenters. The Bertz CT molecular complexity index is 159. The molecule has 0 unspecified atom stereocenters. The number of carboxylic acids is 1. The molecular weight excluding hydrogens is 182 g/mol. The summed E-state index contributed by atoms with van der Waals surface area (Å²) in [7, 11) is 0. The molecule has 0 aromatic rings. The molecule has 14 heavy (non-hydrogen) atoms. The fourth-order valence-electron chi connectivity index (χ4n) is 1.05. The van der Waals surface area contributed by atoms with Crippen molar-refractivity contribution in [3.63, 3.8) is 0 Å². The van der Waals surface area contributed by atoms with Gasteiger partial charge in [-0.3, -0.25) is 9.69 Å². The zero-order valence-corrected chi connectivity index (χ0v) is 9.32. The van der Waals surface area contributed by atoms with Gasteiger partial charge in [0.25, 0.3) is 0 Å². The average Bonchev–Trinajstić information content (AvgIpc) is 2.09. The molecule has 0 rings (SSSR count). The quantitative estimate of drug-likeness (QED) is 0.599. The Morgan fingerprint density at radius 1 is 1.50 bits per heavy atom. The zero-order chi connectivity index (χ0) is 11.0. The lowest BCUT2D eigenvalue weighted by Gasteiger charge is -2.18. The van der Waals surface area contributed by atoms with Crippen LogP contribution in [0.15, 0.2) is 0 Å². The lowest BCUT2D eigenvalue weighted by molar-refractivity contribution is -0.138. The summed E-state index contributed by atoms with van der Waals surface area (Å²) in [5.74, 6) is -0.250. The lowest BCUT2D eigenvalue weighted by Crippen LogP contribution is -2.32. The molecule has 4 heteroatoms. The lowest BCUT2D eigenvalue weighted by atomic mass is 10.2. The van der Waals surface area contributed by atoms with Crippen LogP contribution < -0.4 is 0 Å². The van der Waals surface area contributed by atoms with Crippen molar-refractivity contribution >= 4 is 5.97 Å². The van der Waals surface area contributed by atoms with Gasteiger partial charge in [0.15, 0.2) is 0 Å². The van der Waals surface area contributed by atoms with Gasteiger partial charge in [-0.25, -0.2) is 0 Å². The van der Waals surface area contributed by atoms with Gasteiger partial charge in [-0.1, -0.05) is 20.8 Å². The van der Waals surface area contributed by atoms with Gasteiger partial charge < -0.3 is 9.84 Å². The molecule has 0 saturated heterocycles. The normalized spacial score (nSPS) is 11.2. The highest BCUT2D eigenvalue weighted by atomic mass is 16.5. The van der Waals surface area contributed by atoms with Crippen molar-refractivity contribution in [2.75, 3.05) is 32.8 Å². The zero-order valence-electron chi connectivity index (χ0n) is 9.32. The fraction of sp³-hybridized carbons (Fsp3) is 0.900. The number of hydrogen-bond acceptors (Lipinski definition) is 3. The Hall–Kier alpha value is -0.610. The Morgan fingerprint density at radius 3 is 2.57 bits per heavy atom. The standard InChI is InChI=1S/C10H21NO3/c1-4-11(7-10(12)13)5-6-14-8-9(2)3/h9H,4-8H2,1-3H3,(H,12,13). The maximum atomic E-state index is 10.4. The van der Waals surface area contributed by atoms with Crippen molar-refractivity contribution in [1.29, 1.82) is 0 Å². The third kappa shape index (κ3) is 8.01. The second-order valence-corrected chi connectivity index (χ2v) is 3.73. The number of hydrogen-bond donors (Lipinski definition) is 1. The third-order valence-electron chi connectivity index (χ3n) is 1.81. The molecule has 0 amide bonds. The smallest absolute Gasteiger partial charge is 0.317 e. The molecule has 0 aromatic heterocycles. The van der Waals surface area contributed by atoms with Crippen LogP contribution in [-0.4, -0.2) is 48.8 Å². The molecule has 0 aliphatic rings. The SMILES string of the molecule is CCN(CCOCC(C)C)CC(=O)O. The molecule has 0 heterocycles. The molecule has 0 aliphatic carbocycles. The average molecular weight is 203 g/mol. The van der Waals surface area contributed by atoms with Crippen LogP contribution in [0.4, 0.5) is 0 Å². The van der Waals surface area contributed by atoms with E-state index in [-0.39, 0.29) is 6.54 Å². The molecule has 84 valence electrons. The van der Waals surface area contributed by atoms with Crippen molar-refractivity contribution in [2.45, 2.75) is 20.8 Å². The number of carboxylic acid groups (broad SMARTS) is 1. The minimum Gasteiger partial charge on any atom is -0.480 e. The summed E-state index contributed by atoms with van der Waals surface area (Å²) in [4.78, 5) is 12.3. The van der Waals surface area contributed by atoms with Crippen LogP contribution in [0.2, 0.25) is 0 Å². The largest absolute Gasteiger partial charge is 0.480 e. The highest BCUT2D eigenvalue weighted by molar-refractivity contribution is 5.69. The second-order valence-electron chi connectivity index (χ2n) is 3.73. The van der Waals surface area contributed by atoms with Gasteiger partial charge in [-0.15, -0.1) is 0 Å². The van der Waals surface area contributed by atoms with Gasteiger partial charge in [-0.2, -0.15) is 0 Å². The van der Waals surface area contributed by atoms with E-state index in [1.54, 1.807) is 0 Å². The van der Waals surface area contributed by atoms with E-state index in [0.29, 0.717) is 19.1 Å². The van der Waals surface area contributed by atoms with Gasteiger partial charge in [0.1, 0.15) is 0 Å². The minimum absolute atomic E-state index is 0.0987. The maximum Gasteiger partial charge on any atom is 0.317 e. The van der Waals surface area contributed by atoms with Crippen molar-refractivity contribution in [1.82, 2.24) is 4.90 Å². The molecular formula is C10H21NO3. The van der Waals surface area contributed by atoms with E-state index in [9.17, 15) is 4.79 Å². The Labute approximate surface area is 85.9 Å². The summed E-state index contributed by atoms with van der Waals surface area (Å²) in [6, 6.07) is 0. The van der Waals surface area contributed by atoms with Gasteiger partial charge in [0, 0.05) is 13.2 Å². The molecule has 0 spiro atoms. The molecule has 0 saturated carbocycles. The summed E-state index contributed by atoms with van der Waals surface area (Å²) >= 11 is 0. The summed E-state index contributed by atoms with van der Waals surface area (Å²) in [5.41, 5.74) is 0. The number of carbonyl (C=O) groups is 1. The summed E-state index contributed by atoms with van der Waals surface area (Å²) in [6.45, 7) is 9.02.